The van der Waals surface area contributed by atoms with Crippen molar-refractivity contribution in [1.82, 2.24) is 15.5 Å². The quantitative estimate of drug-likeness (QED) is 0.685. The number of aryl methyl sites for hydroxylation is 2. The van der Waals surface area contributed by atoms with Gasteiger partial charge in [-0.05, 0) is 44.4 Å². The van der Waals surface area contributed by atoms with Crippen LogP contribution < -0.4 is 10.6 Å². The van der Waals surface area contributed by atoms with Gasteiger partial charge in [-0.1, -0.05) is 12.1 Å². The first-order valence-corrected chi connectivity index (χ1v) is 7.32. The van der Waals surface area contributed by atoms with Crippen LogP contribution in [0.2, 0.25) is 0 Å². The summed E-state index contributed by atoms with van der Waals surface area (Å²) in [4.78, 5) is 12.2. The molecule has 0 spiro atoms. The zero-order valence-corrected chi connectivity index (χ0v) is 12.6. The first kappa shape index (κ1) is 15.1. The minimum absolute atomic E-state index is 0.0320. The van der Waals surface area contributed by atoms with Gasteiger partial charge in [-0.15, -0.1) is 0 Å². The Bertz CT molecular complexity index is 591. The van der Waals surface area contributed by atoms with E-state index in [0.29, 0.717) is 12.1 Å². The van der Waals surface area contributed by atoms with Crippen molar-refractivity contribution in [3.05, 3.63) is 47.3 Å². The van der Waals surface area contributed by atoms with Crippen LogP contribution in [0.4, 0.5) is 5.69 Å². The van der Waals surface area contributed by atoms with E-state index in [2.05, 4.69) is 20.8 Å². The van der Waals surface area contributed by atoms with Crippen LogP contribution in [-0.2, 0) is 6.42 Å². The average Bonchev–Trinajstić information content (AvgIpc) is 2.90. The summed E-state index contributed by atoms with van der Waals surface area (Å²) in [7, 11) is 0. The van der Waals surface area contributed by atoms with Crippen LogP contribution in [0.25, 0.3) is 0 Å². The van der Waals surface area contributed by atoms with Gasteiger partial charge < -0.3 is 10.6 Å². The highest BCUT2D eigenvalue weighted by atomic mass is 16.1. The minimum Gasteiger partial charge on any atom is -0.385 e. The molecule has 0 saturated heterocycles. The van der Waals surface area contributed by atoms with Gasteiger partial charge in [-0.25, -0.2) is 0 Å². The Balaban J connectivity index is 1.83. The smallest absolute Gasteiger partial charge is 0.253 e. The molecule has 1 amide bonds. The number of H-pyrrole nitrogens is 1. The van der Waals surface area contributed by atoms with E-state index in [-0.39, 0.29) is 5.91 Å². The minimum atomic E-state index is -0.0320. The largest absolute Gasteiger partial charge is 0.385 e. The molecular weight excluding hydrogens is 264 g/mol. The molecular formula is C16H22N4O. The Morgan fingerprint density at radius 3 is 2.86 bits per heavy atom. The molecule has 1 heterocycles. The van der Waals surface area contributed by atoms with E-state index in [1.807, 2.05) is 44.3 Å². The molecule has 0 aliphatic heterocycles. The zero-order chi connectivity index (χ0) is 15.1. The highest BCUT2D eigenvalue weighted by Crippen LogP contribution is 2.14. The highest BCUT2D eigenvalue weighted by Gasteiger charge is 2.09. The second-order valence-electron chi connectivity index (χ2n) is 4.96. The third-order valence-electron chi connectivity index (χ3n) is 3.38. The summed E-state index contributed by atoms with van der Waals surface area (Å²) in [5.74, 6) is -0.0320. The third-order valence-corrected chi connectivity index (χ3v) is 3.38. The lowest BCUT2D eigenvalue weighted by Gasteiger charge is -2.10. The molecule has 21 heavy (non-hydrogen) atoms. The summed E-state index contributed by atoms with van der Waals surface area (Å²) >= 11 is 0. The van der Waals surface area contributed by atoms with Gasteiger partial charge in [0.05, 0.1) is 11.8 Å². The molecule has 112 valence electrons. The van der Waals surface area contributed by atoms with E-state index in [1.54, 1.807) is 0 Å². The fourth-order valence-corrected chi connectivity index (χ4v) is 2.23. The van der Waals surface area contributed by atoms with Crippen LogP contribution >= 0.6 is 0 Å². The predicted molar refractivity (Wildman–Crippen MR) is 84.6 cm³/mol. The van der Waals surface area contributed by atoms with Gasteiger partial charge >= 0.3 is 0 Å². The molecule has 0 radical (unpaired) electrons. The topological polar surface area (TPSA) is 69.8 Å². The molecule has 3 N–H and O–H groups in total. The maximum atomic E-state index is 12.2. The van der Waals surface area contributed by atoms with Gasteiger partial charge in [0.1, 0.15) is 0 Å². The number of hydrogen-bond acceptors (Lipinski definition) is 3. The summed E-state index contributed by atoms with van der Waals surface area (Å²) in [6.45, 7) is 5.48. The maximum absolute atomic E-state index is 12.2. The maximum Gasteiger partial charge on any atom is 0.253 e. The number of para-hydroxylation sites is 1. The van der Waals surface area contributed by atoms with E-state index in [1.165, 1.54) is 5.56 Å². The number of carbonyl (C=O) groups is 1. The lowest BCUT2D eigenvalue weighted by molar-refractivity contribution is 0.0954. The molecule has 5 nitrogen and oxygen atoms in total. The summed E-state index contributed by atoms with van der Waals surface area (Å²) in [5, 5.41) is 13.1. The van der Waals surface area contributed by atoms with Crippen molar-refractivity contribution in [2.75, 3.05) is 18.4 Å². The Labute approximate surface area is 125 Å². The summed E-state index contributed by atoms with van der Waals surface area (Å²) < 4.78 is 0. The first-order chi connectivity index (χ1) is 10.2. The number of aromatic amines is 1. The normalized spacial score (nSPS) is 10.4. The summed E-state index contributed by atoms with van der Waals surface area (Å²) in [6.07, 6.45) is 3.66. The number of carbonyl (C=O) groups excluding carboxylic acids is 1. The molecule has 0 unspecified atom stereocenters. The molecule has 2 aromatic rings. The Morgan fingerprint density at radius 2 is 2.14 bits per heavy atom. The second-order valence-corrected chi connectivity index (χ2v) is 4.96. The fraction of sp³-hybridized carbons (Fsp3) is 0.375. The van der Waals surface area contributed by atoms with Crippen molar-refractivity contribution >= 4 is 11.6 Å². The van der Waals surface area contributed by atoms with Gasteiger partial charge in [-0.2, -0.15) is 5.10 Å². The molecule has 1 aromatic heterocycles. The van der Waals surface area contributed by atoms with Crippen LogP contribution in [0.15, 0.2) is 30.5 Å². The molecule has 5 heteroatoms. The third kappa shape index (κ3) is 4.08. The molecule has 0 saturated carbocycles. The second kappa shape index (κ2) is 7.47. The number of amides is 1. The van der Waals surface area contributed by atoms with Crippen molar-refractivity contribution < 1.29 is 4.79 Å². The van der Waals surface area contributed by atoms with Crippen molar-refractivity contribution in [3.8, 4) is 0 Å². The van der Waals surface area contributed by atoms with Gasteiger partial charge in [0.15, 0.2) is 0 Å². The molecule has 0 bridgehead atoms. The first-order valence-electron chi connectivity index (χ1n) is 7.32. The van der Waals surface area contributed by atoms with E-state index in [0.717, 1.165) is 30.8 Å². The number of anilines is 1. The van der Waals surface area contributed by atoms with Crippen molar-refractivity contribution in [2.45, 2.75) is 26.7 Å². The van der Waals surface area contributed by atoms with Crippen LogP contribution in [0.5, 0.6) is 0 Å². The van der Waals surface area contributed by atoms with E-state index in [9.17, 15) is 4.79 Å². The number of nitrogens with zero attached hydrogens (tertiary/aromatic N) is 1. The zero-order valence-electron chi connectivity index (χ0n) is 12.6. The van der Waals surface area contributed by atoms with Crippen molar-refractivity contribution in [2.24, 2.45) is 0 Å². The van der Waals surface area contributed by atoms with Crippen LogP contribution in [-0.4, -0.2) is 29.2 Å². The molecule has 0 atom stereocenters. The average molecular weight is 286 g/mol. The summed E-state index contributed by atoms with van der Waals surface area (Å²) in [6, 6.07) is 7.57. The van der Waals surface area contributed by atoms with Gasteiger partial charge in [0, 0.05) is 24.5 Å². The van der Waals surface area contributed by atoms with Gasteiger partial charge in [0.2, 0.25) is 0 Å². The van der Waals surface area contributed by atoms with Gasteiger partial charge in [-0.3, -0.25) is 9.89 Å². The Morgan fingerprint density at radius 1 is 1.33 bits per heavy atom. The number of rotatable bonds is 7. The molecule has 0 aliphatic rings. The molecule has 2 rings (SSSR count). The SMILES string of the molecule is CCNc1ccccc1C(=O)NCCCc1cn[nH]c1C. The number of aromatic nitrogens is 2. The van der Waals surface area contributed by atoms with Crippen LogP contribution in [0, 0.1) is 6.92 Å². The van der Waals surface area contributed by atoms with E-state index >= 15 is 0 Å². The Hall–Kier alpha value is -2.30. The fourth-order valence-electron chi connectivity index (χ4n) is 2.23. The highest BCUT2D eigenvalue weighted by molar-refractivity contribution is 5.99. The number of nitrogens with one attached hydrogen (secondary N) is 3. The summed E-state index contributed by atoms with van der Waals surface area (Å²) in [5.41, 5.74) is 3.87. The van der Waals surface area contributed by atoms with Crippen molar-refractivity contribution in [3.63, 3.8) is 0 Å². The van der Waals surface area contributed by atoms with Crippen LogP contribution in [0.1, 0.15) is 35.0 Å². The predicted octanol–water partition coefficient (Wildman–Crippen LogP) is 2.51. The van der Waals surface area contributed by atoms with E-state index in [4.69, 9.17) is 0 Å². The lowest BCUT2D eigenvalue weighted by Crippen LogP contribution is -2.25. The Kier molecular flexibility index (Phi) is 5.37. The molecule has 0 aliphatic carbocycles. The number of benzene rings is 1. The lowest BCUT2D eigenvalue weighted by atomic mass is 10.1. The standard InChI is InChI=1S/C16H22N4O/c1-3-17-15-9-5-4-8-14(15)16(21)18-10-6-7-13-11-19-20-12(13)2/h4-5,8-9,11,17H,3,6-7,10H2,1-2H3,(H,18,21)(H,19,20). The van der Waals surface area contributed by atoms with Crippen molar-refractivity contribution in [1.29, 1.82) is 0 Å². The van der Waals surface area contributed by atoms with Gasteiger partial charge in [0.25, 0.3) is 5.91 Å². The van der Waals surface area contributed by atoms with E-state index < -0.39 is 0 Å². The number of hydrogen-bond donors (Lipinski definition) is 3. The molecule has 0 fully saturated rings. The monoisotopic (exact) mass is 286 g/mol. The van der Waals surface area contributed by atoms with Crippen LogP contribution in [0.3, 0.4) is 0 Å². The molecule has 1 aromatic carbocycles.